The summed E-state index contributed by atoms with van der Waals surface area (Å²) in [5, 5.41) is 0. The van der Waals surface area contributed by atoms with Crippen LogP contribution in [0, 0.1) is 18.8 Å². The van der Waals surface area contributed by atoms with Crippen molar-refractivity contribution in [2.75, 3.05) is 11.6 Å². The fourth-order valence-corrected chi connectivity index (χ4v) is 3.48. The van der Waals surface area contributed by atoms with Crippen LogP contribution in [0.3, 0.4) is 0 Å². The van der Waals surface area contributed by atoms with Crippen LogP contribution < -0.4 is 0 Å². The molecule has 0 amide bonds. The smallest absolute Gasteiger partial charge is 0.0407 e. The van der Waals surface area contributed by atoms with E-state index in [0.717, 1.165) is 12.2 Å². The Morgan fingerprint density at radius 2 is 2.05 bits per heavy atom. The Labute approximate surface area is 139 Å². The summed E-state index contributed by atoms with van der Waals surface area (Å²) >= 11 is 7.63. The van der Waals surface area contributed by atoms with Gasteiger partial charge in [-0.3, -0.25) is 0 Å². The van der Waals surface area contributed by atoms with Crippen LogP contribution in [0.5, 0.6) is 0 Å². The van der Waals surface area contributed by atoms with Gasteiger partial charge in [-0.25, -0.2) is 0 Å². The molecular formula is C19H25ClS. The van der Waals surface area contributed by atoms with Gasteiger partial charge in [0.25, 0.3) is 0 Å². The molecule has 1 rings (SSSR count). The number of halogens is 1. The topological polar surface area (TPSA) is 0 Å². The van der Waals surface area contributed by atoms with E-state index in [1.165, 1.54) is 21.6 Å². The van der Waals surface area contributed by atoms with Crippen molar-refractivity contribution >= 4 is 23.4 Å². The minimum Gasteiger partial charge on any atom is -0.124 e. The molecule has 0 fully saturated rings. The maximum Gasteiger partial charge on any atom is 0.0407 e. The lowest BCUT2D eigenvalue weighted by Gasteiger charge is -2.17. The number of thioether (sulfide) groups is 1. The first-order valence-electron chi connectivity index (χ1n) is 7.00. The number of alkyl halides is 1. The SMILES string of the molecule is C#C.C=CC1=C(C/C=C\C)C(C)C(C)=C(/C=C\CCl)CS1. The molecule has 1 unspecified atom stereocenters. The second-order valence-corrected chi connectivity index (χ2v) is 5.97. The predicted octanol–water partition coefficient (Wildman–Crippen LogP) is 6.14. The quantitative estimate of drug-likeness (QED) is 0.333. The van der Waals surface area contributed by atoms with Crippen molar-refractivity contribution in [3.05, 3.63) is 58.6 Å². The first-order chi connectivity index (χ1) is 10.2. The highest BCUT2D eigenvalue weighted by molar-refractivity contribution is 8.03. The van der Waals surface area contributed by atoms with Gasteiger partial charge in [0, 0.05) is 16.5 Å². The van der Waals surface area contributed by atoms with E-state index in [1.54, 1.807) is 0 Å². The molecule has 0 spiro atoms. The number of rotatable bonds is 5. The molecule has 0 aromatic rings. The third-order valence-corrected chi connectivity index (χ3v) is 4.92. The first-order valence-corrected chi connectivity index (χ1v) is 8.52. The third-order valence-electron chi connectivity index (χ3n) is 3.55. The largest absolute Gasteiger partial charge is 0.124 e. The Morgan fingerprint density at radius 1 is 1.38 bits per heavy atom. The average Bonchev–Trinajstić information content (AvgIpc) is 2.63. The second kappa shape index (κ2) is 11.5. The summed E-state index contributed by atoms with van der Waals surface area (Å²) in [6, 6.07) is 0. The molecule has 0 saturated carbocycles. The predicted molar refractivity (Wildman–Crippen MR) is 101 cm³/mol. The van der Waals surface area contributed by atoms with E-state index < -0.39 is 0 Å². The molecule has 0 aliphatic carbocycles. The molecule has 21 heavy (non-hydrogen) atoms. The Kier molecular flexibility index (Phi) is 10.9. The van der Waals surface area contributed by atoms with Crippen molar-refractivity contribution in [3.63, 3.8) is 0 Å². The van der Waals surface area contributed by atoms with Crippen LogP contribution in [0.25, 0.3) is 0 Å². The highest BCUT2D eigenvalue weighted by Gasteiger charge is 2.19. The molecule has 0 radical (unpaired) electrons. The van der Waals surface area contributed by atoms with E-state index in [-0.39, 0.29) is 0 Å². The van der Waals surface area contributed by atoms with Gasteiger partial charge in [-0.2, -0.15) is 0 Å². The molecule has 2 heteroatoms. The van der Waals surface area contributed by atoms with Crippen LogP contribution in [0.2, 0.25) is 0 Å². The van der Waals surface area contributed by atoms with Gasteiger partial charge in [0.2, 0.25) is 0 Å². The number of hydrogen-bond acceptors (Lipinski definition) is 1. The zero-order chi connectivity index (χ0) is 16.3. The normalized spacial score (nSPS) is 19.6. The van der Waals surface area contributed by atoms with Crippen molar-refractivity contribution in [1.82, 2.24) is 0 Å². The van der Waals surface area contributed by atoms with Crippen molar-refractivity contribution < 1.29 is 0 Å². The van der Waals surface area contributed by atoms with Crippen molar-refractivity contribution in [3.8, 4) is 12.8 Å². The van der Waals surface area contributed by atoms with Crippen LogP contribution in [0.1, 0.15) is 27.2 Å². The van der Waals surface area contributed by atoms with Crippen molar-refractivity contribution in [2.45, 2.75) is 27.2 Å². The fourth-order valence-electron chi connectivity index (χ4n) is 2.19. The molecular weight excluding hydrogens is 296 g/mol. The van der Waals surface area contributed by atoms with E-state index in [2.05, 4.69) is 58.4 Å². The van der Waals surface area contributed by atoms with E-state index >= 15 is 0 Å². The maximum atomic E-state index is 5.75. The van der Waals surface area contributed by atoms with E-state index in [1.807, 2.05) is 23.9 Å². The van der Waals surface area contributed by atoms with Gasteiger partial charge in [0.1, 0.15) is 0 Å². The Morgan fingerprint density at radius 3 is 2.57 bits per heavy atom. The highest BCUT2D eigenvalue weighted by Crippen LogP contribution is 2.38. The Balaban J connectivity index is 0.00000191. The van der Waals surface area contributed by atoms with E-state index in [0.29, 0.717) is 11.8 Å². The van der Waals surface area contributed by atoms with Gasteiger partial charge < -0.3 is 0 Å². The molecule has 0 nitrogen and oxygen atoms in total. The molecule has 1 aliphatic heterocycles. The molecule has 0 aromatic heterocycles. The van der Waals surface area contributed by atoms with Gasteiger partial charge >= 0.3 is 0 Å². The first kappa shape index (κ1) is 19.9. The number of allylic oxidation sites excluding steroid dienone is 7. The van der Waals surface area contributed by atoms with Crippen molar-refractivity contribution in [2.24, 2.45) is 5.92 Å². The van der Waals surface area contributed by atoms with Gasteiger partial charge in [-0.05, 0) is 37.3 Å². The van der Waals surface area contributed by atoms with Crippen LogP contribution >= 0.6 is 23.4 Å². The molecule has 0 aromatic carbocycles. The summed E-state index contributed by atoms with van der Waals surface area (Å²) < 4.78 is 0. The van der Waals surface area contributed by atoms with E-state index in [9.17, 15) is 0 Å². The Hall–Kier alpha value is -1.10. The van der Waals surface area contributed by atoms with Crippen molar-refractivity contribution in [1.29, 1.82) is 0 Å². The minimum absolute atomic E-state index is 0.467. The van der Waals surface area contributed by atoms with Gasteiger partial charge in [0.15, 0.2) is 0 Å². The molecule has 1 atom stereocenters. The van der Waals surface area contributed by atoms with E-state index in [4.69, 9.17) is 11.6 Å². The van der Waals surface area contributed by atoms with Crippen LogP contribution in [0.15, 0.2) is 58.6 Å². The summed E-state index contributed by atoms with van der Waals surface area (Å²) in [6.07, 6.45) is 19.5. The molecule has 1 heterocycles. The molecule has 114 valence electrons. The monoisotopic (exact) mass is 320 g/mol. The lowest BCUT2D eigenvalue weighted by Crippen LogP contribution is -2.03. The molecule has 0 bridgehead atoms. The summed E-state index contributed by atoms with van der Waals surface area (Å²) in [7, 11) is 0. The van der Waals surface area contributed by atoms with Crippen LogP contribution in [-0.2, 0) is 0 Å². The maximum absolute atomic E-state index is 5.75. The van der Waals surface area contributed by atoms with Crippen LogP contribution in [0.4, 0.5) is 0 Å². The third kappa shape index (κ3) is 6.04. The molecule has 0 N–H and O–H groups in total. The highest BCUT2D eigenvalue weighted by atomic mass is 35.5. The summed E-state index contributed by atoms with van der Waals surface area (Å²) in [6.45, 7) is 10.6. The standard InChI is InChI=1S/C17H23ClS.C2H2/c1-5-7-10-16-14(4)13(3)15(9-8-11-18)12-19-17(16)6-2;1-2/h5-9,14H,2,10-12H2,1,3-4H3;1-2H/b7-5-,9-8-;. The summed E-state index contributed by atoms with van der Waals surface area (Å²) in [5.41, 5.74) is 4.32. The van der Waals surface area contributed by atoms with Gasteiger partial charge in [-0.15, -0.1) is 36.2 Å². The lowest BCUT2D eigenvalue weighted by atomic mass is 9.88. The van der Waals surface area contributed by atoms with Gasteiger partial charge in [0.05, 0.1) is 0 Å². The van der Waals surface area contributed by atoms with Gasteiger partial charge in [-0.1, -0.05) is 49.5 Å². The summed E-state index contributed by atoms with van der Waals surface area (Å²) in [5.74, 6) is 2.04. The minimum atomic E-state index is 0.467. The lowest BCUT2D eigenvalue weighted by molar-refractivity contribution is 0.769. The second-order valence-electron chi connectivity index (χ2n) is 4.64. The Bertz CT molecular complexity index is 475. The number of hydrogen-bond donors (Lipinski definition) is 0. The molecule has 1 aliphatic rings. The fraction of sp³-hybridized carbons (Fsp3) is 0.368. The van der Waals surface area contributed by atoms with Crippen LogP contribution in [-0.4, -0.2) is 11.6 Å². The molecule has 0 saturated heterocycles. The zero-order valence-electron chi connectivity index (χ0n) is 13.2. The zero-order valence-corrected chi connectivity index (χ0v) is 14.8. The average molecular weight is 321 g/mol. The summed E-state index contributed by atoms with van der Waals surface area (Å²) in [4.78, 5) is 1.33. The number of terminal acetylenes is 1.